The Kier molecular flexibility index (Phi) is 4.07. The molecule has 1 saturated heterocycles. The number of ether oxygens (including phenoxy) is 1. The molecule has 0 aliphatic carbocycles. The maximum Gasteiger partial charge on any atom is 0.197 e. The van der Waals surface area contributed by atoms with E-state index in [1.807, 2.05) is 18.2 Å². The fourth-order valence-electron chi connectivity index (χ4n) is 2.54. The predicted octanol–water partition coefficient (Wildman–Crippen LogP) is 2.71. The van der Waals surface area contributed by atoms with Crippen molar-refractivity contribution in [1.29, 1.82) is 0 Å². The summed E-state index contributed by atoms with van der Waals surface area (Å²) >= 11 is 7.65. The number of anilines is 3. The predicted molar refractivity (Wildman–Crippen MR) is 89.0 cm³/mol. The molecule has 0 bridgehead atoms. The number of nitrogens with two attached hydrogens (primary N) is 1. The highest BCUT2D eigenvalue weighted by molar-refractivity contribution is 7.11. The minimum absolute atomic E-state index is 0.464. The lowest BCUT2D eigenvalue weighted by molar-refractivity contribution is 0.417. The molecule has 2 heterocycles. The van der Waals surface area contributed by atoms with E-state index in [0.717, 1.165) is 41.9 Å². The van der Waals surface area contributed by atoms with Gasteiger partial charge >= 0.3 is 0 Å². The van der Waals surface area contributed by atoms with Gasteiger partial charge < -0.3 is 20.3 Å². The maximum atomic E-state index is 6.26. The van der Waals surface area contributed by atoms with Crippen molar-refractivity contribution in [3.8, 4) is 5.75 Å². The van der Waals surface area contributed by atoms with Gasteiger partial charge in [0.25, 0.3) is 0 Å². The Morgan fingerprint density at radius 3 is 2.52 bits per heavy atom. The first kappa shape index (κ1) is 14.3. The smallest absolute Gasteiger partial charge is 0.197 e. The molecule has 5 nitrogen and oxygen atoms in total. The highest BCUT2D eigenvalue weighted by atomic mass is 35.5. The Labute approximate surface area is 133 Å². The molecular weight excluding hydrogens is 308 g/mol. The number of halogens is 1. The van der Waals surface area contributed by atoms with Gasteiger partial charge in [-0.3, -0.25) is 0 Å². The molecule has 0 spiro atoms. The molecule has 1 aromatic heterocycles. The van der Waals surface area contributed by atoms with Crippen molar-refractivity contribution < 1.29 is 4.74 Å². The molecule has 1 aliphatic rings. The SMILES string of the molecule is COc1c(N)nsc1N1CCN(c2ccccc2Cl)CC1. The number of aromatic nitrogens is 1. The highest BCUT2D eigenvalue weighted by Gasteiger charge is 2.24. The molecule has 112 valence electrons. The molecule has 0 unspecified atom stereocenters. The number of piperazine rings is 1. The van der Waals surface area contributed by atoms with Gasteiger partial charge in [-0.15, -0.1) is 0 Å². The van der Waals surface area contributed by atoms with Crippen LogP contribution in [0.4, 0.5) is 16.5 Å². The summed E-state index contributed by atoms with van der Waals surface area (Å²) in [6.45, 7) is 3.60. The molecule has 3 rings (SSSR count). The van der Waals surface area contributed by atoms with Crippen molar-refractivity contribution in [2.45, 2.75) is 0 Å². The second-order valence-electron chi connectivity index (χ2n) is 4.83. The lowest BCUT2D eigenvalue weighted by atomic mass is 10.2. The second-order valence-corrected chi connectivity index (χ2v) is 5.99. The molecular formula is C14H17ClN4OS. The Balaban J connectivity index is 1.72. The number of nitrogen functional groups attached to an aromatic ring is 1. The molecule has 0 amide bonds. The number of hydrogen-bond donors (Lipinski definition) is 1. The topological polar surface area (TPSA) is 54.6 Å². The van der Waals surface area contributed by atoms with Crippen LogP contribution in [0.2, 0.25) is 5.02 Å². The third-order valence-corrected chi connectivity index (χ3v) is 4.85. The highest BCUT2D eigenvalue weighted by Crippen LogP contribution is 2.38. The average Bonchev–Trinajstić information content (AvgIpc) is 2.89. The summed E-state index contributed by atoms with van der Waals surface area (Å²) in [7, 11) is 1.63. The molecule has 2 aromatic rings. The van der Waals surface area contributed by atoms with Crippen LogP contribution < -0.4 is 20.3 Å². The molecule has 0 atom stereocenters. The normalized spacial score (nSPS) is 15.3. The van der Waals surface area contributed by atoms with Crippen LogP contribution in [0.1, 0.15) is 0 Å². The quantitative estimate of drug-likeness (QED) is 0.940. The van der Waals surface area contributed by atoms with Crippen LogP contribution in [0.25, 0.3) is 0 Å². The zero-order chi connectivity index (χ0) is 14.8. The Morgan fingerprint density at radius 1 is 1.19 bits per heavy atom. The van der Waals surface area contributed by atoms with Crippen molar-refractivity contribution >= 4 is 39.6 Å². The van der Waals surface area contributed by atoms with Crippen molar-refractivity contribution in [2.75, 3.05) is 48.8 Å². The van der Waals surface area contributed by atoms with Gasteiger partial charge in [-0.1, -0.05) is 23.7 Å². The molecule has 0 radical (unpaired) electrons. The van der Waals surface area contributed by atoms with Gasteiger partial charge in [0.15, 0.2) is 16.6 Å². The maximum absolute atomic E-state index is 6.26. The van der Waals surface area contributed by atoms with E-state index in [-0.39, 0.29) is 0 Å². The first-order valence-electron chi connectivity index (χ1n) is 6.74. The van der Waals surface area contributed by atoms with Gasteiger partial charge in [0.05, 0.1) is 17.8 Å². The van der Waals surface area contributed by atoms with E-state index in [2.05, 4.69) is 20.2 Å². The molecule has 21 heavy (non-hydrogen) atoms. The van der Waals surface area contributed by atoms with Gasteiger partial charge in [0.2, 0.25) is 0 Å². The minimum Gasteiger partial charge on any atom is -0.490 e. The van der Waals surface area contributed by atoms with E-state index in [0.29, 0.717) is 11.6 Å². The monoisotopic (exact) mass is 324 g/mol. The number of benzene rings is 1. The Morgan fingerprint density at radius 2 is 1.86 bits per heavy atom. The molecule has 2 N–H and O–H groups in total. The summed E-state index contributed by atoms with van der Waals surface area (Å²) in [5.41, 5.74) is 6.91. The molecule has 1 aromatic carbocycles. The standard InChI is InChI=1S/C14H17ClN4OS/c1-20-12-13(16)17-21-14(12)19-8-6-18(7-9-19)11-5-3-2-4-10(11)15/h2-5H,6-9H2,1H3,(H2,16,17). The summed E-state index contributed by atoms with van der Waals surface area (Å²) in [5, 5.41) is 1.80. The van der Waals surface area contributed by atoms with Crippen LogP contribution in [0.5, 0.6) is 5.75 Å². The molecule has 0 saturated carbocycles. The largest absolute Gasteiger partial charge is 0.490 e. The van der Waals surface area contributed by atoms with Crippen molar-refractivity contribution in [3.63, 3.8) is 0 Å². The van der Waals surface area contributed by atoms with E-state index >= 15 is 0 Å². The second kappa shape index (κ2) is 5.99. The van der Waals surface area contributed by atoms with Crippen LogP contribution >= 0.6 is 23.1 Å². The Hall–Kier alpha value is -1.66. The zero-order valence-corrected chi connectivity index (χ0v) is 13.3. The van der Waals surface area contributed by atoms with Gasteiger partial charge in [0.1, 0.15) is 0 Å². The van der Waals surface area contributed by atoms with Crippen molar-refractivity contribution in [2.24, 2.45) is 0 Å². The van der Waals surface area contributed by atoms with Crippen molar-refractivity contribution in [1.82, 2.24) is 4.37 Å². The average molecular weight is 325 g/mol. The Bertz CT molecular complexity index is 625. The summed E-state index contributed by atoms with van der Waals surface area (Å²) in [5.74, 6) is 1.15. The van der Waals surface area contributed by atoms with E-state index in [1.54, 1.807) is 7.11 Å². The lowest BCUT2D eigenvalue weighted by Crippen LogP contribution is -2.46. The van der Waals surface area contributed by atoms with Gasteiger partial charge in [0, 0.05) is 26.2 Å². The molecule has 1 aliphatic heterocycles. The third kappa shape index (κ3) is 2.73. The van der Waals surface area contributed by atoms with Crippen LogP contribution in [0.15, 0.2) is 24.3 Å². The fraction of sp³-hybridized carbons (Fsp3) is 0.357. The number of para-hydroxylation sites is 1. The van der Waals surface area contributed by atoms with Gasteiger partial charge in [-0.05, 0) is 23.7 Å². The van der Waals surface area contributed by atoms with E-state index in [1.165, 1.54) is 11.5 Å². The van der Waals surface area contributed by atoms with Gasteiger partial charge in [-0.25, -0.2) is 0 Å². The van der Waals surface area contributed by atoms with Gasteiger partial charge in [-0.2, -0.15) is 4.37 Å². The number of methoxy groups -OCH3 is 1. The summed E-state index contributed by atoms with van der Waals surface area (Å²) in [4.78, 5) is 4.57. The van der Waals surface area contributed by atoms with Crippen LogP contribution in [-0.4, -0.2) is 37.7 Å². The van der Waals surface area contributed by atoms with E-state index < -0.39 is 0 Å². The number of hydrogen-bond acceptors (Lipinski definition) is 6. The number of nitrogens with zero attached hydrogens (tertiary/aromatic N) is 3. The van der Waals surface area contributed by atoms with Crippen molar-refractivity contribution in [3.05, 3.63) is 29.3 Å². The molecule has 7 heteroatoms. The van der Waals surface area contributed by atoms with Crippen LogP contribution in [0, 0.1) is 0 Å². The van der Waals surface area contributed by atoms with E-state index in [9.17, 15) is 0 Å². The van der Waals surface area contributed by atoms with E-state index in [4.69, 9.17) is 22.1 Å². The van der Waals surface area contributed by atoms with Crippen LogP contribution in [-0.2, 0) is 0 Å². The fourth-order valence-corrected chi connectivity index (χ4v) is 3.63. The number of rotatable bonds is 3. The lowest BCUT2D eigenvalue weighted by Gasteiger charge is -2.36. The zero-order valence-electron chi connectivity index (χ0n) is 11.8. The van der Waals surface area contributed by atoms with Crippen LogP contribution in [0.3, 0.4) is 0 Å². The minimum atomic E-state index is 0.464. The third-order valence-electron chi connectivity index (χ3n) is 3.62. The molecule has 1 fully saturated rings. The summed E-state index contributed by atoms with van der Waals surface area (Å²) in [6.07, 6.45) is 0. The first-order valence-corrected chi connectivity index (χ1v) is 7.89. The summed E-state index contributed by atoms with van der Waals surface area (Å²) < 4.78 is 9.52. The summed E-state index contributed by atoms with van der Waals surface area (Å²) in [6, 6.07) is 7.95. The first-order chi connectivity index (χ1) is 10.2.